The lowest BCUT2D eigenvalue weighted by atomic mass is 10.2. The molecule has 3 aromatic rings. The molecule has 2 heteroatoms. The van der Waals surface area contributed by atoms with Gasteiger partial charge in [0.1, 0.15) is 0 Å². The van der Waals surface area contributed by atoms with Gasteiger partial charge in [-0.3, -0.25) is 0 Å². The first-order valence-corrected chi connectivity index (χ1v) is 11.5. The third-order valence-electron chi connectivity index (χ3n) is 4.11. The zero-order chi connectivity index (χ0) is 15.0. The van der Waals surface area contributed by atoms with Gasteiger partial charge in [-0.2, -0.15) is 0 Å². The molecule has 0 aliphatic carbocycles. The molecule has 0 atom stereocenters. The third-order valence-corrected chi connectivity index (χ3v) is 7.87. The molecule has 0 spiro atoms. The smallest absolute Gasteiger partial charge is 0.0590 e. The first kappa shape index (κ1) is 15.0. The molecule has 0 radical (unpaired) electrons. The molecule has 0 amide bonds. The van der Waals surface area contributed by atoms with Crippen molar-refractivity contribution in [1.29, 1.82) is 0 Å². The molecule has 0 unspecified atom stereocenters. The van der Waals surface area contributed by atoms with E-state index in [9.17, 15) is 0 Å². The van der Waals surface area contributed by atoms with Crippen LogP contribution in [0, 0.1) is 0 Å². The van der Waals surface area contributed by atoms with Crippen molar-refractivity contribution < 1.29 is 0 Å². The minimum atomic E-state index is -0.167. The van der Waals surface area contributed by atoms with E-state index in [1.165, 1.54) is 23.2 Å². The highest BCUT2D eigenvalue weighted by Gasteiger charge is 1.99. The van der Waals surface area contributed by atoms with E-state index >= 15 is 0 Å². The Morgan fingerprint density at radius 2 is 0.818 bits per heavy atom. The summed E-state index contributed by atoms with van der Waals surface area (Å²) in [7, 11) is -0.333. The summed E-state index contributed by atoms with van der Waals surface area (Å²) in [6.45, 7) is 0. The Morgan fingerprint density at radius 3 is 1.18 bits per heavy atom. The maximum Gasteiger partial charge on any atom is 0.0590 e. The summed E-state index contributed by atoms with van der Waals surface area (Å²) >= 11 is 0. The summed E-state index contributed by atoms with van der Waals surface area (Å²) in [4.78, 5) is 0. The van der Waals surface area contributed by atoms with Crippen LogP contribution < -0.4 is 10.4 Å². The van der Waals surface area contributed by atoms with Gasteiger partial charge in [-0.25, -0.2) is 0 Å². The normalized spacial score (nSPS) is 11.6. The first-order valence-electron chi connectivity index (χ1n) is 8.06. The van der Waals surface area contributed by atoms with Crippen molar-refractivity contribution in [1.82, 2.24) is 0 Å². The molecule has 0 saturated carbocycles. The summed E-state index contributed by atoms with van der Waals surface area (Å²) in [5.41, 5.74) is 3.00. The Kier molecular flexibility index (Phi) is 5.40. The molecular weight excluding hydrogens is 296 g/mol. The van der Waals surface area contributed by atoms with Gasteiger partial charge >= 0.3 is 0 Å². The molecule has 0 aliphatic heterocycles. The Morgan fingerprint density at radius 1 is 0.455 bits per heavy atom. The first-order chi connectivity index (χ1) is 10.9. The summed E-state index contributed by atoms with van der Waals surface area (Å²) in [5, 5.41) is 3.12. The lowest BCUT2D eigenvalue weighted by Gasteiger charge is -2.05. The van der Waals surface area contributed by atoms with Crippen LogP contribution in [0.25, 0.3) is 0 Å². The average Bonchev–Trinajstić information content (AvgIpc) is 2.61. The molecular formula is C20H22Si2. The molecule has 0 bridgehead atoms. The molecule has 0 saturated heterocycles. The average molecular weight is 319 g/mol. The Bertz CT molecular complexity index is 613. The van der Waals surface area contributed by atoms with Gasteiger partial charge in [-0.1, -0.05) is 106 Å². The van der Waals surface area contributed by atoms with Crippen molar-refractivity contribution >= 4 is 29.4 Å². The fourth-order valence-corrected chi connectivity index (χ4v) is 5.77. The molecule has 110 valence electrons. The van der Waals surface area contributed by atoms with E-state index in [1.807, 2.05) is 0 Å². The fourth-order valence-electron chi connectivity index (χ4n) is 2.74. The van der Waals surface area contributed by atoms with Crippen LogP contribution in [0.15, 0.2) is 84.9 Å². The maximum atomic E-state index is 2.34. The summed E-state index contributed by atoms with van der Waals surface area (Å²) in [5.74, 6) is 0. The molecule has 0 nitrogen and oxygen atoms in total. The number of hydrogen-bond donors (Lipinski definition) is 0. The second-order valence-electron chi connectivity index (χ2n) is 5.79. The van der Waals surface area contributed by atoms with Crippen LogP contribution in [0.4, 0.5) is 0 Å². The van der Waals surface area contributed by atoms with Crippen LogP contribution in [0.1, 0.15) is 11.1 Å². The highest BCUT2D eigenvalue weighted by Crippen LogP contribution is 2.05. The monoisotopic (exact) mass is 318 g/mol. The SMILES string of the molecule is c1ccc([SiH2]Cc2ccc(C[SiH2]c3ccccc3)cc2)cc1. The summed E-state index contributed by atoms with van der Waals surface area (Å²) < 4.78 is 0. The van der Waals surface area contributed by atoms with Crippen LogP contribution >= 0.6 is 0 Å². The van der Waals surface area contributed by atoms with Gasteiger partial charge < -0.3 is 0 Å². The van der Waals surface area contributed by atoms with Crippen molar-refractivity contribution in [3.05, 3.63) is 96.1 Å². The topological polar surface area (TPSA) is 0 Å². The van der Waals surface area contributed by atoms with E-state index in [0.29, 0.717) is 0 Å². The molecule has 3 rings (SSSR count). The highest BCUT2D eigenvalue weighted by molar-refractivity contribution is 6.53. The second kappa shape index (κ2) is 7.92. The minimum Gasteiger partial charge on any atom is -0.0666 e. The van der Waals surface area contributed by atoms with Gasteiger partial charge in [0, 0.05) is 0 Å². The predicted molar refractivity (Wildman–Crippen MR) is 103 cm³/mol. The standard InChI is InChI=1S/C20H22Si2/c1-3-7-19(8-4-1)21-15-17-11-13-18(14-12-17)16-22-20-9-5-2-6-10-20/h1-14H,15-16,21-22H2. The van der Waals surface area contributed by atoms with Crippen molar-refractivity contribution in [3.8, 4) is 0 Å². The van der Waals surface area contributed by atoms with Crippen LogP contribution in [0.3, 0.4) is 0 Å². The third kappa shape index (κ3) is 4.55. The maximum absolute atomic E-state index is 2.34. The van der Waals surface area contributed by atoms with E-state index in [0.717, 1.165) is 0 Å². The van der Waals surface area contributed by atoms with Crippen LogP contribution in [0.5, 0.6) is 0 Å². The van der Waals surface area contributed by atoms with Crippen molar-refractivity contribution in [2.24, 2.45) is 0 Å². The minimum absolute atomic E-state index is 0.167. The van der Waals surface area contributed by atoms with E-state index in [1.54, 1.807) is 10.4 Å². The van der Waals surface area contributed by atoms with Crippen LogP contribution in [-0.4, -0.2) is 19.0 Å². The van der Waals surface area contributed by atoms with Crippen LogP contribution in [-0.2, 0) is 12.1 Å². The lowest BCUT2D eigenvalue weighted by Crippen LogP contribution is -2.16. The number of rotatable bonds is 6. The van der Waals surface area contributed by atoms with Gasteiger partial charge in [0.15, 0.2) is 0 Å². The van der Waals surface area contributed by atoms with Gasteiger partial charge in [-0.15, -0.1) is 0 Å². The molecule has 0 aromatic heterocycles. The van der Waals surface area contributed by atoms with Gasteiger partial charge in [0.2, 0.25) is 0 Å². The van der Waals surface area contributed by atoms with E-state index in [-0.39, 0.29) is 19.0 Å². The molecule has 3 aromatic carbocycles. The highest BCUT2D eigenvalue weighted by atomic mass is 28.2. The second-order valence-corrected chi connectivity index (χ2v) is 9.42. The Labute approximate surface area is 137 Å². The van der Waals surface area contributed by atoms with Crippen molar-refractivity contribution in [3.63, 3.8) is 0 Å². The summed E-state index contributed by atoms with van der Waals surface area (Å²) in [6.07, 6.45) is 0. The lowest BCUT2D eigenvalue weighted by molar-refractivity contribution is 1.32. The molecule has 0 N–H and O–H groups in total. The van der Waals surface area contributed by atoms with Crippen molar-refractivity contribution in [2.45, 2.75) is 12.1 Å². The largest absolute Gasteiger partial charge is 0.0666 e. The van der Waals surface area contributed by atoms with E-state index in [2.05, 4.69) is 84.9 Å². The summed E-state index contributed by atoms with van der Waals surface area (Å²) in [6, 6.07) is 33.8. The number of benzene rings is 3. The Hall–Kier alpha value is -1.91. The predicted octanol–water partition coefficient (Wildman–Crippen LogP) is 1.68. The Balaban J connectivity index is 1.52. The zero-order valence-corrected chi connectivity index (χ0v) is 15.7. The van der Waals surface area contributed by atoms with Crippen molar-refractivity contribution in [2.75, 3.05) is 0 Å². The quantitative estimate of drug-likeness (QED) is 0.607. The number of hydrogen-bond acceptors (Lipinski definition) is 0. The van der Waals surface area contributed by atoms with Gasteiger partial charge in [0.25, 0.3) is 0 Å². The fraction of sp³-hybridized carbons (Fsp3) is 0.100. The van der Waals surface area contributed by atoms with Gasteiger partial charge in [0.05, 0.1) is 19.0 Å². The molecule has 0 fully saturated rings. The zero-order valence-electron chi connectivity index (χ0n) is 12.9. The van der Waals surface area contributed by atoms with Crippen LogP contribution in [0.2, 0.25) is 0 Å². The van der Waals surface area contributed by atoms with E-state index < -0.39 is 0 Å². The van der Waals surface area contributed by atoms with Gasteiger partial charge in [-0.05, 0) is 12.1 Å². The molecule has 22 heavy (non-hydrogen) atoms. The molecule has 0 aliphatic rings. The van der Waals surface area contributed by atoms with E-state index in [4.69, 9.17) is 0 Å². The molecule has 0 heterocycles.